The van der Waals surface area contributed by atoms with Crippen molar-refractivity contribution in [3.8, 4) is 11.5 Å². The third-order valence-electron chi connectivity index (χ3n) is 3.07. The molecule has 0 fully saturated rings. The molecule has 0 atom stereocenters. The van der Waals surface area contributed by atoms with Crippen LogP contribution in [0, 0.1) is 5.82 Å². The second kappa shape index (κ2) is 9.27. The molecule has 1 N–H and O–H groups in total. The molecule has 0 aromatic heterocycles. The van der Waals surface area contributed by atoms with Crippen LogP contribution in [0.15, 0.2) is 35.2 Å². The summed E-state index contributed by atoms with van der Waals surface area (Å²) in [5.41, 5.74) is 0.00576. The van der Waals surface area contributed by atoms with E-state index in [2.05, 4.69) is 5.32 Å². The van der Waals surface area contributed by atoms with E-state index in [1.165, 1.54) is 18.2 Å². The molecule has 0 unspecified atom stereocenters. The summed E-state index contributed by atoms with van der Waals surface area (Å²) in [6.45, 7) is -1.75. The van der Waals surface area contributed by atoms with Gasteiger partial charge >= 0.3 is 6.18 Å². The van der Waals surface area contributed by atoms with E-state index in [9.17, 15) is 26.3 Å². The number of rotatable bonds is 7. The predicted molar refractivity (Wildman–Crippen MR) is 92.6 cm³/mol. The Morgan fingerprint density at radius 2 is 1.81 bits per heavy atom. The molecule has 0 radical (unpaired) electrons. The largest absolute Gasteiger partial charge is 0.456 e. The number of hydrogen-bond acceptors (Lipinski definition) is 3. The van der Waals surface area contributed by atoms with E-state index < -0.39 is 30.8 Å². The van der Waals surface area contributed by atoms with Crippen molar-refractivity contribution in [2.45, 2.75) is 23.4 Å². The standard InChI is InChI=1S/C16H11Cl2F6NOS/c17-8-3-9(19)5-10(4-8)26-12-1-2-13(27-15(20)21)11(14(12)18)6-25-7-16(22,23)24/h1-5,15,25H,6-7H2. The van der Waals surface area contributed by atoms with Gasteiger partial charge in [-0.3, -0.25) is 0 Å². The third kappa shape index (κ3) is 6.99. The number of hydrogen-bond donors (Lipinski definition) is 1. The first-order valence-corrected chi connectivity index (χ1v) is 8.86. The smallest absolute Gasteiger partial charge is 0.401 e. The van der Waals surface area contributed by atoms with Crippen molar-refractivity contribution >= 4 is 35.0 Å². The van der Waals surface area contributed by atoms with Crippen LogP contribution in [0.4, 0.5) is 26.3 Å². The fraction of sp³-hybridized carbons (Fsp3) is 0.250. The SMILES string of the molecule is Fc1cc(Cl)cc(Oc2ccc(SC(F)F)c(CNCC(F)(F)F)c2Cl)c1. The Balaban J connectivity index is 2.31. The Kier molecular flexibility index (Phi) is 7.55. The first-order chi connectivity index (χ1) is 12.5. The van der Waals surface area contributed by atoms with Crippen molar-refractivity contribution in [3.05, 3.63) is 51.8 Å². The Morgan fingerprint density at radius 1 is 1.11 bits per heavy atom. The zero-order valence-corrected chi connectivity index (χ0v) is 15.5. The van der Waals surface area contributed by atoms with E-state index in [1.54, 1.807) is 0 Å². The van der Waals surface area contributed by atoms with Crippen molar-refractivity contribution in [1.29, 1.82) is 0 Å². The molecule has 0 bridgehead atoms. The van der Waals surface area contributed by atoms with Crippen LogP contribution in [0.5, 0.6) is 11.5 Å². The van der Waals surface area contributed by atoms with E-state index in [-0.39, 0.29) is 43.8 Å². The summed E-state index contributed by atoms with van der Waals surface area (Å²) in [5.74, 6) is -3.52. The van der Waals surface area contributed by atoms with E-state index in [4.69, 9.17) is 27.9 Å². The minimum absolute atomic E-state index is 0.00528. The van der Waals surface area contributed by atoms with E-state index in [1.807, 2.05) is 0 Å². The van der Waals surface area contributed by atoms with E-state index >= 15 is 0 Å². The van der Waals surface area contributed by atoms with Crippen LogP contribution in [0.2, 0.25) is 10.0 Å². The number of ether oxygens (including phenoxy) is 1. The fourth-order valence-corrected chi connectivity index (χ4v) is 3.27. The lowest BCUT2D eigenvalue weighted by atomic mass is 10.2. The molecule has 11 heteroatoms. The summed E-state index contributed by atoms with van der Waals surface area (Å²) in [4.78, 5) is -0.00528. The van der Waals surface area contributed by atoms with Crippen LogP contribution in [0.3, 0.4) is 0 Å². The molecule has 0 aliphatic rings. The zero-order chi connectivity index (χ0) is 20.2. The zero-order valence-electron chi connectivity index (χ0n) is 13.2. The summed E-state index contributed by atoms with van der Waals surface area (Å²) in [5, 5.41) is 1.98. The molecule has 0 aliphatic carbocycles. The number of thioether (sulfide) groups is 1. The van der Waals surface area contributed by atoms with Gasteiger partial charge in [0.2, 0.25) is 0 Å². The van der Waals surface area contributed by atoms with Crippen LogP contribution >= 0.6 is 35.0 Å². The normalized spacial score (nSPS) is 11.9. The first-order valence-electron chi connectivity index (χ1n) is 7.23. The summed E-state index contributed by atoms with van der Waals surface area (Å²) < 4.78 is 81.2. The van der Waals surface area contributed by atoms with E-state index in [0.717, 1.165) is 12.1 Å². The van der Waals surface area contributed by atoms with Gasteiger partial charge in [-0.1, -0.05) is 35.0 Å². The second-order valence-corrected chi connectivity index (χ2v) is 7.01. The highest BCUT2D eigenvalue weighted by Gasteiger charge is 2.27. The van der Waals surface area contributed by atoms with Gasteiger partial charge in [-0.2, -0.15) is 22.0 Å². The van der Waals surface area contributed by atoms with Crippen LogP contribution in [0.25, 0.3) is 0 Å². The number of halogens is 8. The van der Waals surface area contributed by atoms with Gasteiger partial charge in [0.15, 0.2) is 0 Å². The number of benzene rings is 2. The molecular weight excluding hydrogens is 439 g/mol. The van der Waals surface area contributed by atoms with Crippen LogP contribution in [-0.2, 0) is 6.54 Å². The molecule has 2 rings (SSSR count). The lowest BCUT2D eigenvalue weighted by Crippen LogP contribution is -2.28. The quantitative estimate of drug-likeness (QED) is 0.367. The van der Waals surface area contributed by atoms with Gasteiger partial charge in [0.05, 0.1) is 11.6 Å². The molecule has 2 aromatic carbocycles. The molecule has 0 saturated carbocycles. The number of nitrogens with one attached hydrogen (secondary N) is 1. The van der Waals surface area contributed by atoms with Crippen molar-refractivity contribution in [2.75, 3.05) is 6.54 Å². The van der Waals surface area contributed by atoms with Crippen LogP contribution in [0.1, 0.15) is 5.56 Å². The fourth-order valence-electron chi connectivity index (χ4n) is 2.08. The number of alkyl halides is 5. The highest BCUT2D eigenvalue weighted by atomic mass is 35.5. The first kappa shape index (κ1) is 22.0. The maximum Gasteiger partial charge on any atom is 0.401 e. The highest BCUT2D eigenvalue weighted by molar-refractivity contribution is 7.99. The van der Waals surface area contributed by atoms with Gasteiger partial charge in [0.1, 0.15) is 17.3 Å². The van der Waals surface area contributed by atoms with Gasteiger partial charge in [-0.25, -0.2) is 4.39 Å². The molecule has 2 nitrogen and oxygen atoms in total. The molecule has 0 heterocycles. The van der Waals surface area contributed by atoms with Gasteiger partial charge in [0.25, 0.3) is 5.76 Å². The Morgan fingerprint density at radius 3 is 2.41 bits per heavy atom. The van der Waals surface area contributed by atoms with Crippen LogP contribution in [-0.4, -0.2) is 18.5 Å². The van der Waals surface area contributed by atoms with Crippen molar-refractivity contribution in [2.24, 2.45) is 0 Å². The molecule has 0 amide bonds. The molecule has 148 valence electrons. The molecule has 27 heavy (non-hydrogen) atoms. The lowest BCUT2D eigenvalue weighted by Gasteiger charge is -2.16. The molecule has 0 saturated heterocycles. The minimum Gasteiger partial charge on any atom is -0.456 e. The lowest BCUT2D eigenvalue weighted by molar-refractivity contribution is -0.125. The summed E-state index contributed by atoms with van der Waals surface area (Å²) in [6.07, 6.45) is -4.48. The van der Waals surface area contributed by atoms with Crippen molar-refractivity contribution in [3.63, 3.8) is 0 Å². The third-order valence-corrected chi connectivity index (χ3v) is 4.52. The maximum absolute atomic E-state index is 13.4. The summed E-state index contributed by atoms with van der Waals surface area (Å²) >= 11 is 12.0. The average Bonchev–Trinajstić information content (AvgIpc) is 2.50. The summed E-state index contributed by atoms with van der Waals surface area (Å²) in [6, 6.07) is 5.86. The van der Waals surface area contributed by atoms with Gasteiger partial charge in [0, 0.05) is 28.1 Å². The minimum atomic E-state index is -4.48. The second-order valence-electron chi connectivity index (χ2n) is 5.16. The molecule has 0 aliphatic heterocycles. The Labute approximate surface area is 164 Å². The van der Waals surface area contributed by atoms with Gasteiger partial charge in [-0.15, -0.1) is 0 Å². The molecule has 0 spiro atoms. The Hall–Kier alpha value is -1.29. The van der Waals surface area contributed by atoms with E-state index in [0.29, 0.717) is 0 Å². The highest BCUT2D eigenvalue weighted by Crippen LogP contribution is 2.40. The van der Waals surface area contributed by atoms with Crippen molar-refractivity contribution in [1.82, 2.24) is 5.32 Å². The monoisotopic (exact) mass is 449 g/mol. The predicted octanol–water partition coefficient (Wildman–Crippen LogP) is 6.89. The van der Waals surface area contributed by atoms with Crippen molar-refractivity contribution < 1.29 is 31.1 Å². The van der Waals surface area contributed by atoms with Gasteiger partial charge < -0.3 is 10.1 Å². The molecular formula is C16H11Cl2F6NOS. The topological polar surface area (TPSA) is 21.3 Å². The Bertz CT molecular complexity index is 783. The van der Waals surface area contributed by atoms with Crippen LogP contribution < -0.4 is 10.1 Å². The van der Waals surface area contributed by atoms with Gasteiger partial charge in [-0.05, 0) is 24.3 Å². The maximum atomic E-state index is 13.4. The summed E-state index contributed by atoms with van der Waals surface area (Å²) in [7, 11) is 0. The molecule has 2 aromatic rings. The average molecular weight is 450 g/mol.